The van der Waals surface area contributed by atoms with Gasteiger partial charge in [-0.05, 0) is 43.5 Å². The van der Waals surface area contributed by atoms with E-state index in [1.54, 1.807) is 38.5 Å². The zero-order valence-corrected chi connectivity index (χ0v) is 21.6. The summed E-state index contributed by atoms with van der Waals surface area (Å²) in [5, 5.41) is 4.62. The minimum absolute atomic E-state index is 0.0450. The number of halogens is 3. The van der Waals surface area contributed by atoms with Crippen molar-refractivity contribution in [2.45, 2.75) is 33.2 Å². The molecule has 37 heavy (non-hydrogen) atoms. The number of rotatable bonds is 8. The molecular weight excluding hydrogens is 504 g/mol. The predicted octanol–water partition coefficient (Wildman–Crippen LogP) is 4.71. The Hall–Kier alpha value is -3.86. The number of alkyl halides is 2. The molecule has 4 aromatic rings. The number of carbonyl (C=O) groups is 1. The number of aromatic nitrogens is 5. The Morgan fingerprint density at radius 3 is 2.62 bits per heavy atom. The van der Waals surface area contributed by atoms with Crippen LogP contribution in [0.4, 0.5) is 14.6 Å². The average Bonchev–Trinajstić information content (AvgIpc) is 3.25. The third-order valence-corrected chi connectivity index (χ3v) is 6.30. The van der Waals surface area contributed by atoms with Crippen molar-refractivity contribution >= 4 is 34.4 Å². The highest BCUT2D eigenvalue weighted by Crippen LogP contribution is 2.40. The lowest BCUT2D eigenvalue weighted by Crippen LogP contribution is -2.22. The van der Waals surface area contributed by atoms with E-state index in [-0.39, 0.29) is 29.3 Å². The third kappa shape index (κ3) is 5.04. The van der Waals surface area contributed by atoms with E-state index in [0.29, 0.717) is 29.5 Å². The van der Waals surface area contributed by atoms with Crippen molar-refractivity contribution < 1.29 is 18.3 Å². The summed E-state index contributed by atoms with van der Waals surface area (Å²) in [6.45, 7) is 4.34. The minimum atomic E-state index is -2.83. The first-order chi connectivity index (χ1) is 17.6. The summed E-state index contributed by atoms with van der Waals surface area (Å²) in [7, 11) is 3.32. The van der Waals surface area contributed by atoms with Gasteiger partial charge in [-0.25, -0.2) is 23.4 Å². The predicted molar refractivity (Wildman–Crippen MR) is 137 cm³/mol. The van der Waals surface area contributed by atoms with Crippen molar-refractivity contribution in [3.63, 3.8) is 0 Å². The molecule has 3 heterocycles. The number of ether oxygens (including phenoxy) is 1. The van der Waals surface area contributed by atoms with Gasteiger partial charge in [0.2, 0.25) is 0 Å². The van der Waals surface area contributed by atoms with Crippen molar-refractivity contribution in [1.29, 1.82) is 0 Å². The highest BCUT2D eigenvalue weighted by atomic mass is 35.5. The number of nitrogen functional groups attached to an aromatic ring is 1. The van der Waals surface area contributed by atoms with Gasteiger partial charge in [0.1, 0.15) is 29.3 Å². The van der Waals surface area contributed by atoms with E-state index >= 15 is 0 Å². The molecule has 0 saturated heterocycles. The summed E-state index contributed by atoms with van der Waals surface area (Å²) in [5.74, 6) is 0.336. The quantitative estimate of drug-likeness (QED) is 0.351. The Balaban J connectivity index is 1.75. The third-order valence-electron chi connectivity index (χ3n) is 5.90. The van der Waals surface area contributed by atoms with Gasteiger partial charge in [-0.15, -0.1) is 0 Å². The summed E-state index contributed by atoms with van der Waals surface area (Å²) in [5.41, 5.74) is 8.93. The van der Waals surface area contributed by atoms with Gasteiger partial charge in [0.15, 0.2) is 5.65 Å². The van der Waals surface area contributed by atoms with Gasteiger partial charge in [-0.1, -0.05) is 17.7 Å². The number of aryl methyl sites for hydroxylation is 2. The molecule has 0 unspecified atom stereocenters. The van der Waals surface area contributed by atoms with Crippen LogP contribution < -0.4 is 10.5 Å². The van der Waals surface area contributed by atoms with Crippen LogP contribution in [0.1, 0.15) is 40.7 Å². The molecule has 1 amide bonds. The first-order valence-corrected chi connectivity index (χ1v) is 11.9. The highest BCUT2D eigenvalue weighted by Gasteiger charge is 2.23. The number of amides is 1. The summed E-state index contributed by atoms with van der Waals surface area (Å²) in [6, 6.07) is 5.25. The zero-order chi connectivity index (χ0) is 26.9. The fourth-order valence-electron chi connectivity index (χ4n) is 4.11. The Kier molecular flexibility index (Phi) is 7.53. The summed E-state index contributed by atoms with van der Waals surface area (Å²) in [4.78, 5) is 26.0. The molecule has 1 aromatic carbocycles. The van der Waals surface area contributed by atoms with Crippen LogP contribution in [0.15, 0.2) is 30.7 Å². The number of nitrogens with zero attached hydrogens (tertiary/aromatic N) is 6. The topological polar surface area (TPSA) is 112 Å². The minimum Gasteiger partial charge on any atom is -0.493 e. The van der Waals surface area contributed by atoms with Gasteiger partial charge in [-0.2, -0.15) is 5.10 Å². The molecule has 0 aliphatic carbocycles. The summed E-state index contributed by atoms with van der Waals surface area (Å²) in [6.07, 6.45) is 0.356. The van der Waals surface area contributed by atoms with Crippen LogP contribution in [0.25, 0.3) is 22.2 Å². The lowest BCUT2D eigenvalue weighted by Gasteiger charge is -2.19. The van der Waals surface area contributed by atoms with Gasteiger partial charge in [0.05, 0.1) is 12.0 Å². The first kappa shape index (κ1) is 26.2. The maximum Gasteiger partial charge on any atom is 0.282 e. The van der Waals surface area contributed by atoms with Crippen LogP contribution in [0.2, 0.25) is 5.02 Å². The molecule has 12 heteroatoms. The number of benzene rings is 1. The number of carbonyl (C=O) groups excluding carboxylic acids is 1. The Morgan fingerprint density at radius 2 is 2.00 bits per heavy atom. The van der Waals surface area contributed by atoms with Crippen LogP contribution >= 0.6 is 11.6 Å². The molecule has 0 fully saturated rings. The number of anilines is 1. The molecule has 0 spiro atoms. The summed E-state index contributed by atoms with van der Waals surface area (Å²) >= 11 is 6.61. The van der Waals surface area contributed by atoms with E-state index in [1.165, 1.54) is 15.9 Å². The molecule has 0 atom stereocenters. The molecule has 0 aliphatic heterocycles. The van der Waals surface area contributed by atoms with Crippen molar-refractivity contribution in [3.05, 3.63) is 58.3 Å². The fourth-order valence-corrected chi connectivity index (χ4v) is 4.34. The molecule has 194 valence electrons. The van der Waals surface area contributed by atoms with E-state index in [0.717, 1.165) is 22.3 Å². The second-order valence-corrected chi connectivity index (χ2v) is 8.94. The number of hydrogen-bond acceptors (Lipinski definition) is 7. The molecule has 0 saturated carbocycles. The number of pyridine rings is 1. The SMILES string of the molecule is CCOc1c(CCn2nc(C(F)F)c3c(N)ncnc32)cc(Cl)c(C)c1-c1ccc(C(=O)N(C)C)nc1. The summed E-state index contributed by atoms with van der Waals surface area (Å²) < 4.78 is 34.7. The largest absolute Gasteiger partial charge is 0.493 e. The molecule has 0 radical (unpaired) electrons. The zero-order valence-electron chi connectivity index (χ0n) is 20.8. The van der Waals surface area contributed by atoms with Crippen molar-refractivity contribution in [1.82, 2.24) is 29.6 Å². The van der Waals surface area contributed by atoms with Gasteiger partial charge in [0, 0.05) is 43.0 Å². The fraction of sp³-hybridized carbons (Fsp3) is 0.320. The van der Waals surface area contributed by atoms with Gasteiger partial charge in [-0.3, -0.25) is 9.78 Å². The number of nitrogens with two attached hydrogens (primary N) is 1. The molecule has 2 N–H and O–H groups in total. The smallest absolute Gasteiger partial charge is 0.282 e. The lowest BCUT2D eigenvalue weighted by molar-refractivity contribution is 0.0822. The van der Waals surface area contributed by atoms with Crippen molar-refractivity contribution in [3.8, 4) is 16.9 Å². The van der Waals surface area contributed by atoms with Crippen LogP contribution in [-0.2, 0) is 13.0 Å². The molecule has 4 rings (SSSR count). The molecule has 0 aliphatic rings. The molecule has 0 bridgehead atoms. The molecule has 3 aromatic heterocycles. The standard InChI is InChI=1S/C25H26ClF2N7O2/c1-5-37-21-14(8-9-35-24-19(20(33-35)22(27)28)23(29)31-12-32-24)10-16(26)13(2)18(21)15-6-7-17(30-11-15)25(36)34(3)4/h6-7,10-12,22H,5,8-9H2,1-4H3,(H2,29,31,32). The van der Waals surface area contributed by atoms with E-state index in [1.807, 2.05) is 13.8 Å². The number of hydrogen-bond donors (Lipinski definition) is 1. The molecular formula is C25H26ClF2N7O2. The maximum atomic E-state index is 13.6. The van der Waals surface area contributed by atoms with E-state index in [9.17, 15) is 13.6 Å². The maximum absolute atomic E-state index is 13.6. The second-order valence-electron chi connectivity index (χ2n) is 8.53. The first-order valence-electron chi connectivity index (χ1n) is 11.5. The molecule has 9 nitrogen and oxygen atoms in total. The van der Waals surface area contributed by atoms with Gasteiger partial charge in [0.25, 0.3) is 12.3 Å². The van der Waals surface area contributed by atoms with Crippen molar-refractivity contribution in [2.75, 3.05) is 26.4 Å². The normalized spacial score (nSPS) is 11.4. The van der Waals surface area contributed by atoms with Gasteiger partial charge >= 0.3 is 0 Å². The van der Waals surface area contributed by atoms with E-state index in [4.69, 9.17) is 22.1 Å². The Morgan fingerprint density at radius 1 is 1.24 bits per heavy atom. The Labute approximate surface area is 217 Å². The van der Waals surface area contributed by atoms with E-state index < -0.39 is 12.1 Å². The number of fused-ring (bicyclic) bond motifs is 1. The highest BCUT2D eigenvalue weighted by molar-refractivity contribution is 6.32. The van der Waals surface area contributed by atoms with Crippen LogP contribution in [-0.4, -0.2) is 56.2 Å². The van der Waals surface area contributed by atoms with Crippen molar-refractivity contribution in [2.24, 2.45) is 0 Å². The van der Waals surface area contributed by atoms with Gasteiger partial charge < -0.3 is 15.4 Å². The van der Waals surface area contributed by atoms with E-state index in [2.05, 4.69) is 20.1 Å². The average molecular weight is 530 g/mol. The monoisotopic (exact) mass is 529 g/mol. The lowest BCUT2D eigenvalue weighted by atomic mass is 9.95. The van der Waals surface area contributed by atoms with Crippen LogP contribution in [0, 0.1) is 6.92 Å². The van der Waals surface area contributed by atoms with Crippen LogP contribution in [0.3, 0.4) is 0 Å². The Bertz CT molecular complexity index is 1460. The second kappa shape index (κ2) is 10.6. The van der Waals surface area contributed by atoms with Crippen LogP contribution in [0.5, 0.6) is 5.75 Å².